The Balaban J connectivity index is 2.30. The molecule has 2 heterocycles. The first-order chi connectivity index (χ1) is 9.43. The molecule has 1 fully saturated rings. The van der Waals surface area contributed by atoms with Crippen molar-refractivity contribution in [1.29, 1.82) is 0 Å². The maximum Gasteiger partial charge on any atom is 0.255 e. The number of aromatic nitrogens is 1. The summed E-state index contributed by atoms with van der Waals surface area (Å²) in [7, 11) is -3.30. The summed E-state index contributed by atoms with van der Waals surface area (Å²) < 4.78 is 23.6. The number of amides is 1. The van der Waals surface area contributed by atoms with Crippen LogP contribution in [0.25, 0.3) is 0 Å². The average molecular weight is 315 g/mol. The zero-order chi connectivity index (χ0) is 14.8. The number of hydrogen-bond donors (Lipinski definition) is 1. The van der Waals surface area contributed by atoms with Gasteiger partial charge in [0.05, 0.1) is 5.69 Å². The number of rotatable bonds is 3. The van der Waals surface area contributed by atoms with Gasteiger partial charge in [-0.25, -0.2) is 8.42 Å². The Labute approximate surface area is 122 Å². The van der Waals surface area contributed by atoms with Gasteiger partial charge in [-0.1, -0.05) is 0 Å². The van der Waals surface area contributed by atoms with E-state index in [1.54, 1.807) is 23.9 Å². The van der Waals surface area contributed by atoms with Crippen LogP contribution in [0, 0.1) is 0 Å². The van der Waals surface area contributed by atoms with Crippen molar-refractivity contribution in [2.24, 2.45) is 5.73 Å². The summed E-state index contributed by atoms with van der Waals surface area (Å²) in [6, 6.07) is 3.20. The Bertz CT molecular complexity index is 604. The van der Waals surface area contributed by atoms with E-state index < -0.39 is 15.2 Å². The van der Waals surface area contributed by atoms with Gasteiger partial charge in [0.25, 0.3) is 5.91 Å². The molecule has 8 heteroatoms. The first-order valence-corrected chi connectivity index (χ1v) is 9.27. The number of nitrogens with zero attached hydrogens (tertiary/aromatic N) is 2. The Hall–Kier alpha value is -1.12. The highest BCUT2D eigenvalue weighted by Crippen LogP contribution is 2.22. The number of nitrogens with two attached hydrogens (primary N) is 1. The maximum absolute atomic E-state index is 12.5. The minimum Gasteiger partial charge on any atom is -0.325 e. The number of hydrogen-bond acceptors (Lipinski definition) is 6. The van der Waals surface area contributed by atoms with Crippen molar-refractivity contribution in [2.45, 2.75) is 11.9 Å². The van der Waals surface area contributed by atoms with Crippen LogP contribution in [-0.4, -0.2) is 53.9 Å². The average Bonchev–Trinajstić information content (AvgIpc) is 2.45. The number of thioether (sulfide) groups is 1. The molecule has 1 aliphatic rings. The molecule has 6 nitrogen and oxygen atoms in total. The highest BCUT2D eigenvalue weighted by molar-refractivity contribution is 8.00. The minimum absolute atomic E-state index is 0.243. The predicted molar refractivity (Wildman–Crippen MR) is 79.1 cm³/mol. The second-order valence-corrected chi connectivity index (χ2v) is 7.95. The van der Waals surface area contributed by atoms with Gasteiger partial charge in [0.15, 0.2) is 9.84 Å². The van der Waals surface area contributed by atoms with Gasteiger partial charge in [0.1, 0.15) is 5.37 Å². The molecule has 1 unspecified atom stereocenters. The molecular formula is C12H17N3O3S2. The summed E-state index contributed by atoms with van der Waals surface area (Å²) in [4.78, 5) is 18.0. The molecule has 1 aromatic heterocycles. The monoisotopic (exact) mass is 315 g/mol. The van der Waals surface area contributed by atoms with E-state index in [1.165, 1.54) is 17.4 Å². The second-order valence-electron chi connectivity index (χ2n) is 4.60. The molecule has 0 aliphatic carbocycles. The van der Waals surface area contributed by atoms with Crippen molar-refractivity contribution in [3.63, 3.8) is 0 Å². The molecule has 2 rings (SSSR count). The SMILES string of the molecule is CS(=O)(=O)C1CSCCN1C(=O)c1ccnc(CN)c1. The lowest BCUT2D eigenvalue weighted by Gasteiger charge is -2.34. The third-order valence-corrected chi connectivity index (χ3v) is 5.76. The van der Waals surface area contributed by atoms with E-state index in [2.05, 4.69) is 4.98 Å². The fraction of sp³-hybridized carbons (Fsp3) is 0.500. The highest BCUT2D eigenvalue weighted by atomic mass is 32.2. The fourth-order valence-corrected chi connectivity index (χ4v) is 4.87. The lowest BCUT2D eigenvalue weighted by Crippen LogP contribution is -2.49. The van der Waals surface area contributed by atoms with Crippen LogP contribution in [0.2, 0.25) is 0 Å². The van der Waals surface area contributed by atoms with Crippen LogP contribution in [-0.2, 0) is 16.4 Å². The third-order valence-electron chi connectivity index (χ3n) is 3.11. The minimum atomic E-state index is -3.30. The Morgan fingerprint density at radius 3 is 3.00 bits per heavy atom. The van der Waals surface area contributed by atoms with E-state index in [1.807, 2.05) is 0 Å². The molecule has 0 bridgehead atoms. The normalized spacial score (nSPS) is 19.9. The van der Waals surface area contributed by atoms with Crippen molar-refractivity contribution in [1.82, 2.24) is 9.88 Å². The van der Waals surface area contributed by atoms with Crippen molar-refractivity contribution < 1.29 is 13.2 Å². The quantitative estimate of drug-likeness (QED) is 0.850. The van der Waals surface area contributed by atoms with Crippen LogP contribution in [0.4, 0.5) is 0 Å². The molecule has 0 radical (unpaired) electrons. The molecule has 110 valence electrons. The van der Waals surface area contributed by atoms with Crippen LogP contribution in [0.1, 0.15) is 16.1 Å². The Morgan fingerprint density at radius 1 is 1.60 bits per heavy atom. The van der Waals surface area contributed by atoms with Crippen molar-refractivity contribution in [3.05, 3.63) is 29.6 Å². The summed E-state index contributed by atoms with van der Waals surface area (Å²) in [6.45, 7) is 0.675. The molecule has 1 amide bonds. The van der Waals surface area contributed by atoms with E-state index in [4.69, 9.17) is 5.73 Å². The fourth-order valence-electron chi connectivity index (χ4n) is 2.06. The third kappa shape index (κ3) is 3.31. The van der Waals surface area contributed by atoms with Gasteiger partial charge in [-0.05, 0) is 12.1 Å². The van der Waals surface area contributed by atoms with E-state index >= 15 is 0 Å². The summed E-state index contributed by atoms with van der Waals surface area (Å²) in [6.07, 6.45) is 2.69. The number of carbonyl (C=O) groups is 1. The van der Waals surface area contributed by atoms with Crippen molar-refractivity contribution in [2.75, 3.05) is 24.3 Å². The predicted octanol–water partition coefficient (Wildman–Crippen LogP) is 0.100. The zero-order valence-corrected chi connectivity index (χ0v) is 12.8. The van der Waals surface area contributed by atoms with Gasteiger partial charge in [-0.15, -0.1) is 0 Å². The van der Waals surface area contributed by atoms with Gasteiger partial charge in [0.2, 0.25) is 0 Å². The number of pyridine rings is 1. The Morgan fingerprint density at radius 2 is 2.35 bits per heavy atom. The van der Waals surface area contributed by atoms with Crippen LogP contribution in [0.3, 0.4) is 0 Å². The topological polar surface area (TPSA) is 93.4 Å². The van der Waals surface area contributed by atoms with Crippen molar-refractivity contribution in [3.8, 4) is 0 Å². The molecule has 20 heavy (non-hydrogen) atoms. The van der Waals surface area contributed by atoms with E-state index in [-0.39, 0.29) is 12.5 Å². The van der Waals surface area contributed by atoms with Gasteiger partial charge in [0, 0.05) is 42.6 Å². The van der Waals surface area contributed by atoms with E-state index in [9.17, 15) is 13.2 Å². The first kappa shape index (κ1) is 15.3. The molecule has 0 aromatic carbocycles. The van der Waals surface area contributed by atoms with Crippen LogP contribution in [0.5, 0.6) is 0 Å². The molecule has 1 aliphatic heterocycles. The van der Waals surface area contributed by atoms with Gasteiger partial charge >= 0.3 is 0 Å². The summed E-state index contributed by atoms with van der Waals surface area (Å²) in [5.74, 6) is 0.879. The molecule has 1 saturated heterocycles. The zero-order valence-electron chi connectivity index (χ0n) is 11.2. The molecular weight excluding hydrogens is 298 g/mol. The highest BCUT2D eigenvalue weighted by Gasteiger charge is 2.34. The van der Waals surface area contributed by atoms with Crippen molar-refractivity contribution >= 4 is 27.5 Å². The smallest absolute Gasteiger partial charge is 0.255 e. The molecule has 1 atom stereocenters. The largest absolute Gasteiger partial charge is 0.325 e. The van der Waals surface area contributed by atoms with Gasteiger partial charge in [-0.2, -0.15) is 11.8 Å². The summed E-state index contributed by atoms with van der Waals surface area (Å²) >= 11 is 1.55. The summed E-state index contributed by atoms with van der Waals surface area (Å²) in [5.41, 5.74) is 6.55. The second kappa shape index (κ2) is 6.11. The Kier molecular flexibility index (Phi) is 4.66. The van der Waals surface area contributed by atoms with Crippen LogP contribution < -0.4 is 5.73 Å². The number of sulfone groups is 1. The van der Waals surface area contributed by atoms with Crippen LogP contribution in [0.15, 0.2) is 18.3 Å². The van der Waals surface area contributed by atoms with Gasteiger partial charge < -0.3 is 10.6 Å². The van der Waals surface area contributed by atoms with Crippen LogP contribution >= 0.6 is 11.8 Å². The molecule has 0 spiro atoms. The first-order valence-electron chi connectivity index (χ1n) is 6.16. The lowest BCUT2D eigenvalue weighted by atomic mass is 10.2. The summed E-state index contributed by atoms with van der Waals surface area (Å²) in [5, 5.41) is -0.761. The lowest BCUT2D eigenvalue weighted by molar-refractivity contribution is 0.0749. The molecule has 1 aromatic rings. The molecule has 0 saturated carbocycles. The van der Waals surface area contributed by atoms with Gasteiger partial charge in [-0.3, -0.25) is 9.78 Å². The maximum atomic E-state index is 12.5. The van der Waals surface area contributed by atoms with E-state index in [0.29, 0.717) is 23.6 Å². The number of carbonyl (C=O) groups excluding carboxylic acids is 1. The molecule has 2 N–H and O–H groups in total. The van der Waals surface area contributed by atoms with E-state index in [0.717, 1.165) is 5.75 Å². The standard InChI is InChI=1S/C12H17N3O3S2/c1-20(17,18)11-8-19-5-4-15(11)12(16)9-2-3-14-10(6-9)7-13/h2-3,6,11H,4-5,7-8,13H2,1H3.